The third-order valence-electron chi connectivity index (χ3n) is 4.42. The summed E-state index contributed by atoms with van der Waals surface area (Å²) in [6.45, 7) is 0.256. The van der Waals surface area contributed by atoms with Crippen LogP contribution in [0.2, 0.25) is 0 Å². The summed E-state index contributed by atoms with van der Waals surface area (Å²) in [4.78, 5) is 12.3. The number of hydrogen-bond donors (Lipinski definition) is 1. The van der Waals surface area contributed by atoms with E-state index in [-0.39, 0.29) is 12.5 Å². The van der Waals surface area contributed by atoms with Crippen molar-refractivity contribution in [3.05, 3.63) is 18.2 Å². The summed E-state index contributed by atoms with van der Waals surface area (Å²) >= 11 is 1.88. The molecule has 0 radical (unpaired) electrons. The van der Waals surface area contributed by atoms with Crippen molar-refractivity contribution in [3.63, 3.8) is 0 Å². The van der Waals surface area contributed by atoms with Crippen LogP contribution in [-0.4, -0.2) is 58.9 Å². The van der Waals surface area contributed by atoms with Crippen LogP contribution in [0.3, 0.4) is 0 Å². The van der Waals surface area contributed by atoms with Gasteiger partial charge in [-0.15, -0.1) is 0 Å². The molecule has 1 saturated carbocycles. The van der Waals surface area contributed by atoms with Gasteiger partial charge in [0.2, 0.25) is 15.9 Å². The molecule has 1 aromatic rings. The first-order chi connectivity index (χ1) is 12.8. The van der Waals surface area contributed by atoms with Gasteiger partial charge in [0.1, 0.15) is 6.54 Å². The average Bonchev–Trinajstić information content (AvgIpc) is 3.15. The van der Waals surface area contributed by atoms with Crippen molar-refractivity contribution < 1.29 is 22.7 Å². The number of nitrogens with zero attached hydrogens (tertiary/aromatic N) is 1. The van der Waals surface area contributed by atoms with Crippen LogP contribution in [0.25, 0.3) is 0 Å². The highest BCUT2D eigenvalue weighted by atomic mass is 32.2. The summed E-state index contributed by atoms with van der Waals surface area (Å²) < 4.78 is 35.8. The molecule has 0 aromatic heterocycles. The molecule has 0 aliphatic heterocycles. The van der Waals surface area contributed by atoms with Crippen molar-refractivity contribution >= 4 is 33.4 Å². The van der Waals surface area contributed by atoms with Crippen molar-refractivity contribution in [2.75, 3.05) is 43.6 Å². The lowest BCUT2D eigenvalue weighted by Crippen LogP contribution is -2.41. The first-order valence-electron chi connectivity index (χ1n) is 8.93. The number of amides is 1. The van der Waals surface area contributed by atoms with E-state index in [9.17, 15) is 13.2 Å². The SMILES string of the molecule is COc1ccc(N(CC(=O)NCCSC2CCCC2)S(C)(=O)=O)cc1OC. The molecule has 1 aliphatic carbocycles. The molecule has 27 heavy (non-hydrogen) atoms. The Bertz CT molecular complexity index is 733. The van der Waals surface area contributed by atoms with Crippen molar-refractivity contribution in [2.24, 2.45) is 0 Å². The van der Waals surface area contributed by atoms with Crippen LogP contribution in [0, 0.1) is 0 Å². The molecular weight excluding hydrogens is 388 g/mol. The van der Waals surface area contributed by atoms with E-state index in [0.29, 0.717) is 29.0 Å². The molecule has 1 fully saturated rings. The maximum Gasteiger partial charge on any atom is 0.240 e. The lowest BCUT2D eigenvalue weighted by molar-refractivity contribution is -0.119. The van der Waals surface area contributed by atoms with E-state index in [1.54, 1.807) is 18.2 Å². The molecule has 1 N–H and O–H groups in total. The van der Waals surface area contributed by atoms with Gasteiger partial charge in [0, 0.05) is 23.6 Å². The summed E-state index contributed by atoms with van der Waals surface area (Å²) in [6.07, 6.45) is 6.16. The minimum absolute atomic E-state index is 0.275. The summed E-state index contributed by atoms with van der Waals surface area (Å²) in [5.41, 5.74) is 0.352. The number of nitrogens with one attached hydrogen (secondary N) is 1. The smallest absolute Gasteiger partial charge is 0.240 e. The molecule has 0 spiro atoms. The largest absolute Gasteiger partial charge is 0.493 e. The number of sulfonamides is 1. The molecule has 152 valence electrons. The molecule has 0 saturated heterocycles. The van der Waals surface area contributed by atoms with E-state index in [1.807, 2.05) is 11.8 Å². The maximum atomic E-state index is 12.3. The standard InChI is InChI=1S/C18H28N2O5S2/c1-24-16-9-8-14(12-17(16)25-2)20(27(3,22)23)13-18(21)19-10-11-26-15-6-4-5-7-15/h8-9,12,15H,4-7,10-11,13H2,1-3H3,(H,19,21). The van der Waals surface area contributed by atoms with Crippen molar-refractivity contribution in [1.82, 2.24) is 5.32 Å². The monoisotopic (exact) mass is 416 g/mol. The zero-order chi connectivity index (χ0) is 19.9. The molecule has 1 amide bonds. The normalized spacial score (nSPS) is 14.8. The van der Waals surface area contributed by atoms with Gasteiger partial charge < -0.3 is 14.8 Å². The fourth-order valence-electron chi connectivity index (χ4n) is 3.04. The second-order valence-electron chi connectivity index (χ2n) is 6.44. The number of ether oxygens (including phenoxy) is 2. The number of methoxy groups -OCH3 is 2. The Morgan fingerprint density at radius 3 is 2.48 bits per heavy atom. The fraction of sp³-hybridized carbons (Fsp3) is 0.611. The van der Waals surface area contributed by atoms with Crippen molar-refractivity contribution in [2.45, 2.75) is 30.9 Å². The highest BCUT2D eigenvalue weighted by Gasteiger charge is 2.22. The molecule has 0 heterocycles. The molecule has 9 heteroatoms. The molecular formula is C18H28N2O5S2. The van der Waals surface area contributed by atoms with Gasteiger partial charge in [0.05, 0.1) is 26.2 Å². The number of benzene rings is 1. The van der Waals surface area contributed by atoms with Crippen LogP contribution in [0.1, 0.15) is 25.7 Å². The van der Waals surface area contributed by atoms with Crippen LogP contribution < -0.4 is 19.1 Å². The van der Waals surface area contributed by atoms with Crippen molar-refractivity contribution in [3.8, 4) is 11.5 Å². The Morgan fingerprint density at radius 1 is 1.22 bits per heavy atom. The van der Waals surface area contributed by atoms with Gasteiger partial charge in [-0.05, 0) is 25.0 Å². The van der Waals surface area contributed by atoms with E-state index in [4.69, 9.17) is 9.47 Å². The Morgan fingerprint density at radius 2 is 1.89 bits per heavy atom. The number of rotatable bonds is 10. The second-order valence-corrected chi connectivity index (χ2v) is 9.75. The molecule has 7 nitrogen and oxygen atoms in total. The summed E-state index contributed by atoms with van der Waals surface area (Å²) in [6, 6.07) is 4.75. The Kier molecular flexibility index (Phi) is 8.09. The predicted octanol–water partition coefficient (Wildman–Crippen LogP) is 2.26. The zero-order valence-corrected chi connectivity index (χ0v) is 17.7. The summed E-state index contributed by atoms with van der Waals surface area (Å²) in [5, 5.41) is 3.50. The number of carbonyl (C=O) groups excluding carboxylic acids is 1. The van der Waals surface area contributed by atoms with E-state index >= 15 is 0 Å². The molecule has 2 rings (SSSR count). The number of thioether (sulfide) groups is 1. The molecule has 0 unspecified atom stereocenters. The maximum absolute atomic E-state index is 12.3. The Labute approximate surface area is 165 Å². The average molecular weight is 417 g/mol. The summed E-state index contributed by atoms with van der Waals surface area (Å²) in [7, 11) is -0.654. The first kappa shape index (κ1) is 21.7. The van der Waals surface area contributed by atoms with Gasteiger partial charge >= 0.3 is 0 Å². The van der Waals surface area contributed by atoms with Crippen molar-refractivity contribution in [1.29, 1.82) is 0 Å². The number of hydrogen-bond acceptors (Lipinski definition) is 6. The molecule has 0 bridgehead atoms. The highest BCUT2D eigenvalue weighted by Crippen LogP contribution is 2.32. The Balaban J connectivity index is 1.96. The van der Waals surface area contributed by atoms with E-state index in [2.05, 4.69) is 5.32 Å². The van der Waals surface area contributed by atoms with Crippen LogP contribution >= 0.6 is 11.8 Å². The first-order valence-corrected chi connectivity index (χ1v) is 11.8. The van der Waals surface area contributed by atoms with E-state index < -0.39 is 10.0 Å². The lowest BCUT2D eigenvalue weighted by atomic mass is 10.2. The minimum atomic E-state index is -3.63. The van der Waals surface area contributed by atoms with Crippen LogP contribution in [0.4, 0.5) is 5.69 Å². The van der Waals surface area contributed by atoms with Gasteiger partial charge in [-0.2, -0.15) is 11.8 Å². The van der Waals surface area contributed by atoms with Crippen LogP contribution in [0.15, 0.2) is 18.2 Å². The van der Waals surface area contributed by atoms with E-state index in [1.165, 1.54) is 39.9 Å². The molecule has 1 aliphatic rings. The third kappa shape index (κ3) is 6.49. The van der Waals surface area contributed by atoms with Gasteiger partial charge in [-0.1, -0.05) is 12.8 Å². The topological polar surface area (TPSA) is 84.9 Å². The van der Waals surface area contributed by atoms with Gasteiger partial charge in [0.25, 0.3) is 0 Å². The van der Waals surface area contributed by atoms with Crippen LogP contribution in [-0.2, 0) is 14.8 Å². The molecule has 0 atom stereocenters. The van der Waals surface area contributed by atoms with Crippen LogP contribution in [0.5, 0.6) is 11.5 Å². The third-order valence-corrected chi connectivity index (χ3v) is 6.95. The molecule has 1 aromatic carbocycles. The summed E-state index contributed by atoms with van der Waals surface area (Å²) in [5.74, 6) is 1.40. The van der Waals surface area contributed by atoms with E-state index in [0.717, 1.165) is 16.3 Å². The predicted molar refractivity (Wildman–Crippen MR) is 109 cm³/mol. The van der Waals surface area contributed by atoms with Gasteiger partial charge in [-0.3, -0.25) is 9.10 Å². The highest BCUT2D eigenvalue weighted by molar-refractivity contribution is 7.99. The van der Waals surface area contributed by atoms with Gasteiger partial charge in [-0.25, -0.2) is 8.42 Å². The fourth-order valence-corrected chi connectivity index (χ4v) is 5.11. The Hall–Kier alpha value is -1.61. The second kappa shape index (κ2) is 10.1. The minimum Gasteiger partial charge on any atom is -0.493 e. The lowest BCUT2D eigenvalue weighted by Gasteiger charge is -2.23. The number of anilines is 1. The zero-order valence-electron chi connectivity index (χ0n) is 16.1. The number of carbonyl (C=O) groups is 1. The quantitative estimate of drug-likeness (QED) is 0.589. The van der Waals surface area contributed by atoms with Gasteiger partial charge in [0.15, 0.2) is 11.5 Å².